The zero-order chi connectivity index (χ0) is 19.9. The fourth-order valence-electron chi connectivity index (χ4n) is 3.11. The molecule has 1 aliphatic rings. The van der Waals surface area contributed by atoms with Crippen LogP contribution in [0, 0.1) is 0 Å². The lowest BCUT2D eigenvalue weighted by molar-refractivity contribution is 0.260. The van der Waals surface area contributed by atoms with Crippen LogP contribution in [0.25, 0.3) is 0 Å². The highest BCUT2D eigenvalue weighted by molar-refractivity contribution is 14.0. The van der Waals surface area contributed by atoms with Gasteiger partial charge >= 0.3 is 0 Å². The van der Waals surface area contributed by atoms with E-state index in [-0.39, 0.29) is 24.0 Å². The van der Waals surface area contributed by atoms with Gasteiger partial charge in [0.15, 0.2) is 5.96 Å². The Balaban J connectivity index is 0.00000300. The summed E-state index contributed by atoms with van der Waals surface area (Å²) in [4.78, 5) is 17.6. The van der Waals surface area contributed by atoms with Gasteiger partial charge in [-0.1, -0.05) is 23.2 Å². The number of nitrogens with one attached hydrogen (secondary N) is 2. The molecular formula is C18H27Cl2IN8. The minimum atomic E-state index is 0. The first-order valence-electron chi connectivity index (χ1n) is 9.27. The summed E-state index contributed by atoms with van der Waals surface area (Å²) < 4.78 is 1.86. The molecule has 11 heteroatoms. The Morgan fingerprint density at radius 1 is 1.14 bits per heavy atom. The zero-order valence-corrected chi connectivity index (χ0v) is 20.4. The summed E-state index contributed by atoms with van der Waals surface area (Å²) in [5.41, 5.74) is 0.997. The first-order valence-corrected chi connectivity index (χ1v) is 10.0. The minimum absolute atomic E-state index is 0. The van der Waals surface area contributed by atoms with Crippen LogP contribution >= 0.6 is 47.2 Å². The quantitative estimate of drug-likeness (QED) is 0.325. The van der Waals surface area contributed by atoms with E-state index < -0.39 is 0 Å². The smallest absolute Gasteiger partial charge is 0.225 e. The van der Waals surface area contributed by atoms with Crippen LogP contribution in [0.3, 0.4) is 0 Å². The molecule has 0 saturated carbocycles. The maximum absolute atomic E-state index is 6.11. The highest BCUT2D eigenvalue weighted by Crippen LogP contribution is 2.24. The van der Waals surface area contributed by atoms with Gasteiger partial charge in [0.1, 0.15) is 5.15 Å². The maximum Gasteiger partial charge on any atom is 0.225 e. The lowest BCUT2D eigenvalue weighted by Crippen LogP contribution is -2.49. The predicted molar refractivity (Wildman–Crippen MR) is 130 cm³/mol. The Bertz CT molecular complexity index is 791. The van der Waals surface area contributed by atoms with Crippen molar-refractivity contribution in [1.29, 1.82) is 0 Å². The van der Waals surface area contributed by atoms with Crippen molar-refractivity contribution in [3.8, 4) is 0 Å². The molecule has 0 unspecified atom stereocenters. The first kappa shape index (κ1) is 24.0. The van der Waals surface area contributed by atoms with Crippen LogP contribution in [0.15, 0.2) is 29.5 Å². The van der Waals surface area contributed by atoms with Crippen molar-refractivity contribution in [2.24, 2.45) is 12.0 Å². The molecule has 2 aromatic rings. The second-order valence-electron chi connectivity index (χ2n) is 6.56. The predicted octanol–water partition coefficient (Wildman–Crippen LogP) is 2.23. The average Bonchev–Trinajstić information content (AvgIpc) is 2.98. The molecule has 160 valence electrons. The Morgan fingerprint density at radius 3 is 2.41 bits per heavy atom. The molecule has 0 amide bonds. The van der Waals surface area contributed by atoms with Crippen molar-refractivity contribution >= 4 is 59.1 Å². The van der Waals surface area contributed by atoms with E-state index in [9.17, 15) is 0 Å². The monoisotopic (exact) mass is 552 g/mol. The summed E-state index contributed by atoms with van der Waals surface area (Å²) in [5.74, 6) is 1.57. The van der Waals surface area contributed by atoms with Crippen LogP contribution in [-0.4, -0.2) is 71.7 Å². The molecule has 0 radical (unpaired) electrons. The Labute approximate surface area is 198 Å². The van der Waals surface area contributed by atoms with E-state index >= 15 is 0 Å². The van der Waals surface area contributed by atoms with Gasteiger partial charge in [0.25, 0.3) is 0 Å². The SMILES string of the molecule is CN=C(NCCN1CCN(c2ncccn2)CC1)NCc1cc(Cl)c(Cl)n1C.I. The molecule has 1 aliphatic heterocycles. The molecule has 3 heterocycles. The van der Waals surface area contributed by atoms with Crippen molar-refractivity contribution < 1.29 is 0 Å². The van der Waals surface area contributed by atoms with Crippen LogP contribution in [-0.2, 0) is 13.6 Å². The van der Waals surface area contributed by atoms with E-state index in [0.29, 0.717) is 16.7 Å². The zero-order valence-electron chi connectivity index (χ0n) is 16.6. The normalized spacial score (nSPS) is 15.2. The van der Waals surface area contributed by atoms with Crippen molar-refractivity contribution in [1.82, 2.24) is 30.1 Å². The lowest BCUT2D eigenvalue weighted by Gasteiger charge is -2.34. The summed E-state index contributed by atoms with van der Waals surface area (Å²) in [7, 11) is 3.65. The Kier molecular flexibility index (Phi) is 9.73. The number of nitrogens with zero attached hydrogens (tertiary/aromatic N) is 6. The summed E-state index contributed by atoms with van der Waals surface area (Å²) in [6.07, 6.45) is 3.57. The maximum atomic E-state index is 6.11. The number of aromatic nitrogens is 3. The van der Waals surface area contributed by atoms with Gasteiger partial charge in [-0.05, 0) is 12.1 Å². The molecule has 0 spiro atoms. The number of hydrogen-bond acceptors (Lipinski definition) is 5. The number of anilines is 1. The number of hydrogen-bond donors (Lipinski definition) is 2. The van der Waals surface area contributed by atoms with Crippen LogP contribution in [0.4, 0.5) is 5.95 Å². The molecular weight excluding hydrogens is 526 g/mol. The van der Waals surface area contributed by atoms with E-state index in [0.717, 1.165) is 56.9 Å². The average molecular weight is 553 g/mol. The number of piperazine rings is 1. The van der Waals surface area contributed by atoms with Gasteiger partial charge in [0.05, 0.1) is 11.6 Å². The molecule has 2 aromatic heterocycles. The largest absolute Gasteiger partial charge is 0.355 e. The Morgan fingerprint density at radius 2 is 1.83 bits per heavy atom. The van der Waals surface area contributed by atoms with Crippen LogP contribution in [0.5, 0.6) is 0 Å². The van der Waals surface area contributed by atoms with Crippen molar-refractivity contribution in [2.45, 2.75) is 6.54 Å². The van der Waals surface area contributed by atoms with Crippen molar-refractivity contribution in [2.75, 3.05) is 51.2 Å². The third-order valence-electron chi connectivity index (χ3n) is 4.80. The molecule has 1 fully saturated rings. The topological polar surface area (TPSA) is 73.6 Å². The van der Waals surface area contributed by atoms with Crippen molar-refractivity contribution in [3.63, 3.8) is 0 Å². The van der Waals surface area contributed by atoms with E-state index in [1.807, 2.05) is 23.7 Å². The van der Waals surface area contributed by atoms with Gasteiger partial charge < -0.3 is 20.1 Å². The number of guanidine groups is 1. The van der Waals surface area contributed by atoms with Gasteiger partial charge in [-0.15, -0.1) is 24.0 Å². The summed E-state index contributed by atoms with van der Waals surface area (Å²) in [6, 6.07) is 3.70. The van der Waals surface area contributed by atoms with Crippen LogP contribution in [0.1, 0.15) is 5.69 Å². The van der Waals surface area contributed by atoms with Gasteiger partial charge in [-0.25, -0.2) is 9.97 Å². The number of aliphatic imine (C=N–C) groups is 1. The third-order valence-corrected chi connectivity index (χ3v) is 5.65. The number of halogens is 3. The van der Waals surface area contributed by atoms with Gasteiger partial charge in [0, 0.05) is 71.5 Å². The first-order chi connectivity index (χ1) is 13.6. The van der Waals surface area contributed by atoms with E-state index in [2.05, 4.69) is 35.4 Å². The summed E-state index contributed by atoms with van der Waals surface area (Å²) in [5, 5.41) is 7.75. The van der Waals surface area contributed by atoms with Crippen LogP contribution < -0.4 is 15.5 Å². The molecule has 0 aromatic carbocycles. The highest BCUT2D eigenvalue weighted by atomic mass is 127. The van der Waals surface area contributed by atoms with E-state index in [4.69, 9.17) is 23.2 Å². The van der Waals surface area contributed by atoms with E-state index in [1.165, 1.54) is 0 Å². The molecule has 29 heavy (non-hydrogen) atoms. The standard InChI is InChI=1S/C18H26Cl2N8.HI/c1-21-17(25-13-14-12-15(19)16(20)26(14)2)22-6-7-27-8-10-28(11-9-27)18-23-4-3-5-24-18;/h3-5,12H,6-11,13H2,1-2H3,(H2,21,22,25);1H. The van der Waals surface area contributed by atoms with Crippen molar-refractivity contribution in [3.05, 3.63) is 40.4 Å². The molecule has 8 nitrogen and oxygen atoms in total. The highest BCUT2D eigenvalue weighted by Gasteiger charge is 2.18. The molecule has 3 rings (SSSR count). The van der Waals surface area contributed by atoms with E-state index in [1.54, 1.807) is 19.4 Å². The second-order valence-corrected chi connectivity index (χ2v) is 7.33. The number of rotatable bonds is 6. The molecule has 0 atom stereocenters. The second kappa shape index (κ2) is 11.8. The lowest BCUT2D eigenvalue weighted by atomic mass is 10.3. The third kappa shape index (κ3) is 6.59. The van der Waals surface area contributed by atoms with Gasteiger partial charge in [-0.2, -0.15) is 0 Å². The summed E-state index contributed by atoms with van der Waals surface area (Å²) >= 11 is 12.2. The van der Waals surface area contributed by atoms with Crippen LogP contribution in [0.2, 0.25) is 10.2 Å². The summed E-state index contributed by atoms with van der Waals surface area (Å²) in [6.45, 7) is 6.22. The fraction of sp³-hybridized carbons (Fsp3) is 0.500. The minimum Gasteiger partial charge on any atom is -0.355 e. The molecule has 0 bridgehead atoms. The molecule has 1 saturated heterocycles. The molecule has 2 N–H and O–H groups in total. The molecule has 0 aliphatic carbocycles. The Hall–Kier alpha value is -1.30. The fourth-order valence-corrected chi connectivity index (χ4v) is 3.53. The van der Waals surface area contributed by atoms with Gasteiger partial charge in [0.2, 0.25) is 5.95 Å². The van der Waals surface area contributed by atoms with Gasteiger partial charge in [-0.3, -0.25) is 9.89 Å².